The van der Waals surface area contributed by atoms with Gasteiger partial charge >= 0.3 is 0 Å². The second-order valence-electron chi connectivity index (χ2n) is 8.34. The fraction of sp³-hybridized carbons (Fsp3) is 0.192. The van der Waals surface area contributed by atoms with Crippen molar-refractivity contribution in [1.29, 1.82) is 0 Å². The number of likely N-dealkylation sites (N-methyl/N-ethyl adjacent to an activating group) is 1. The molecule has 7 nitrogen and oxygen atoms in total. The van der Waals surface area contributed by atoms with Crippen LogP contribution in [0.5, 0.6) is 0 Å². The van der Waals surface area contributed by atoms with Gasteiger partial charge in [-0.25, -0.2) is 9.07 Å². The Hall–Kier alpha value is -4.20. The Labute approximate surface area is 197 Å². The number of hydrogen-bond donors (Lipinski definition) is 1. The zero-order valence-electron chi connectivity index (χ0n) is 19.5. The van der Waals surface area contributed by atoms with Crippen LogP contribution in [-0.2, 0) is 4.79 Å². The van der Waals surface area contributed by atoms with Gasteiger partial charge in [0.1, 0.15) is 11.4 Å². The van der Waals surface area contributed by atoms with E-state index in [1.165, 1.54) is 23.2 Å². The van der Waals surface area contributed by atoms with Crippen LogP contribution in [0.3, 0.4) is 0 Å². The molecule has 0 atom stereocenters. The number of nitrogens with one attached hydrogen (secondary N) is 1. The van der Waals surface area contributed by atoms with E-state index in [1.54, 1.807) is 40.8 Å². The number of carbonyl (C=O) groups is 2. The average Bonchev–Trinajstić information content (AvgIpc) is 3.46. The van der Waals surface area contributed by atoms with E-state index >= 15 is 0 Å². The van der Waals surface area contributed by atoms with Crippen molar-refractivity contribution in [2.24, 2.45) is 0 Å². The summed E-state index contributed by atoms with van der Waals surface area (Å²) in [5.74, 6) is -0.512. The van der Waals surface area contributed by atoms with E-state index in [1.807, 2.05) is 45.0 Å². The van der Waals surface area contributed by atoms with Crippen molar-refractivity contribution in [3.8, 4) is 11.5 Å². The number of rotatable bonds is 6. The molecule has 0 aliphatic heterocycles. The number of nitrogens with zero attached hydrogens (tertiary/aromatic N) is 4. The highest BCUT2D eigenvalue weighted by atomic mass is 19.1. The maximum absolute atomic E-state index is 13.4. The van der Waals surface area contributed by atoms with Crippen molar-refractivity contribution in [3.05, 3.63) is 95.2 Å². The summed E-state index contributed by atoms with van der Waals surface area (Å²) >= 11 is 0. The number of hydrogen-bond acceptors (Lipinski definition) is 3. The Bertz CT molecular complexity index is 1320. The highest BCUT2D eigenvalue weighted by Gasteiger charge is 2.24. The summed E-state index contributed by atoms with van der Waals surface area (Å²) < 4.78 is 16.8. The molecule has 2 heterocycles. The van der Waals surface area contributed by atoms with Crippen LogP contribution < -0.4 is 5.32 Å². The molecule has 0 unspecified atom stereocenters. The fourth-order valence-corrected chi connectivity index (χ4v) is 4.04. The lowest BCUT2D eigenvalue weighted by Crippen LogP contribution is -2.35. The van der Waals surface area contributed by atoms with E-state index in [-0.39, 0.29) is 24.2 Å². The van der Waals surface area contributed by atoms with Crippen molar-refractivity contribution in [2.45, 2.75) is 20.8 Å². The minimum atomic E-state index is -0.362. The molecular formula is C26H26FN5O2. The highest BCUT2D eigenvalue weighted by Crippen LogP contribution is 2.23. The molecule has 8 heteroatoms. The second-order valence-corrected chi connectivity index (χ2v) is 8.34. The molecule has 0 aliphatic rings. The van der Waals surface area contributed by atoms with Gasteiger partial charge in [0, 0.05) is 25.1 Å². The van der Waals surface area contributed by atoms with E-state index in [4.69, 9.17) is 0 Å². The normalized spacial score (nSPS) is 10.9. The predicted molar refractivity (Wildman–Crippen MR) is 129 cm³/mol. The van der Waals surface area contributed by atoms with Gasteiger partial charge in [0.2, 0.25) is 5.91 Å². The molecule has 0 spiro atoms. The molecule has 0 saturated carbocycles. The summed E-state index contributed by atoms with van der Waals surface area (Å²) in [5, 5.41) is 7.31. The third-order valence-electron chi connectivity index (χ3n) is 5.56. The summed E-state index contributed by atoms with van der Waals surface area (Å²) in [5.41, 5.74) is 4.74. The van der Waals surface area contributed by atoms with Crippen LogP contribution in [-0.4, -0.2) is 44.7 Å². The van der Waals surface area contributed by atoms with E-state index < -0.39 is 0 Å². The number of aryl methyl sites for hydroxylation is 3. The Kier molecular flexibility index (Phi) is 6.32. The van der Waals surface area contributed by atoms with E-state index in [0.717, 1.165) is 22.4 Å². The molecular weight excluding hydrogens is 433 g/mol. The molecule has 0 aliphatic carbocycles. The monoisotopic (exact) mass is 459 g/mol. The molecule has 174 valence electrons. The van der Waals surface area contributed by atoms with Crippen molar-refractivity contribution in [3.63, 3.8) is 0 Å². The molecule has 2 aromatic carbocycles. The second kappa shape index (κ2) is 9.35. The molecule has 0 saturated heterocycles. The first-order valence-electron chi connectivity index (χ1n) is 10.8. The zero-order valence-corrected chi connectivity index (χ0v) is 19.5. The smallest absolute Gasteiger partial charge is 0.259 e. The first-order chi connectivity index (χ1) is 16.2. The van der Waals surface area contributed by atoms with E-state index in [9.17, 15) is 14.0 Å². The maximum Gasteiger partial charge on any atom is 0.259 e. The molecule has 0 fully saturated rings. The van der Waals surface area contributed by atoms with E-state index in [2.05, 4.69) is 10.4 Å². The maximum atomic E-state index is 13.4. The topological polar surface area (TPSA) is 72.2 Å². The third-order valence-corrected chi connectivity index (χ3v) is 5.56. The van der Waals surface area contributed by atoms with Gasteiger partial charge in [-0.2, -0.15) is 5.10 Å². The van der Waals surface area contributed by atoms with Crippen LogP contribution >= 0.6 is 0 Å². The number of amides is 2. The SMILES string of the molecule is Cc1cc(C)c(NC(=O)CN(C)C(=O)c2cnn(-c3ccc(F)cc3)c2-n2cccc2)c(C)c1. The summed E-state index contributed by atoms with van der Waals surface area (Å²) in [4.78, 5) is 27.5. The lowest BCUT2D eigenvalue weighted by atomic mass is 10.1. The minimum absolute atomic E-state index is 0.127. The van der Waals surface area contributed by atoms with Crippen molar-refractivity contribution in [1.82, 2.24) is 19.2 Å². The van der Waals surface area contributed by atoms with Crippen molar-refractivity contribution >= 4 is 17.5 Å². The van der Waals surface area contributed by atoms with Gasteiger partial charge < -0.3 is 14.8 Å². The fourth-order valence-electron chi connectivity index (χ4n) is 4.04. The van der Waals surface area contributed by atoms with Gasteiger partial charge in [0.25, 0.3) is 5.91 Å². The van der Waals surface area contributed by atoms with Crippen LogP contribution in [0.25, 0.3) is 11.5 Å². The largest absolute Gasteiger partial charge is 0.332 e. The van der Waals surface area contributed by atoms with Gasteiger partial charge in [0.15, 0.2) is 5.82 Å². The standard InChI is InChI=1S/C26H26FN5O2/c1-17-13-18(2)24(19(3)14-17)29-23(33)16-30(4)26(34)22-15-28-32(21-9-7-20(27)8-10-21)25(22)31-11-5-6-12-31/h5-15H,16H2,1-4H3,(H,29,33). The minimum Gasteiger partial charge on any atom is -0.332 e. The number of carbonyl (C=O) groups excluding carboxylic acids is 2. The Morgan fingerprint density at radius 2 is 1.65 bits per heavy atom. The highest BCUT2D eigenvalue weighted by molar-refractivity contribution is 6.01. The molecule has 2 amide bonds. The molecule has 2 aromatic heterocycles. The van der Waals surface area contributed by atoms with Gasteiger partial charge in [-0.05, 0) is 68.3 Å². The first-order valence-corrected chi connectivity index (χ1v) is 10.8. The van der Waals surface area contributed by atoms with Gasteiger partial charge in [0.05, 0.1) is 18.4 Å². The molecule has 34 heavy (non-hydrogen) atoms. The first kappa shape index (κ1) is 23.0. The quantitative estimate of drug-likeness (QED) is 0.463. The number of anilines is 1. The summed E-state index contributed by atoms with van der Waals surface area (Å²) in [7, 11) is 1.57. The van der Waals surface area contributed by atoms with Crippen LogP contribution in [0.2, 0.25) is 0 Å². The zero-order chi connectivity index (χ0) is 24.4. The number of aromatic nitrogens is 3. The van der Waals surface area contributed by atoms with Crippen molar-refractivity contribution < 1.29 is 14.0 Å². The predicted octanol–water partition coefficient (Wildman–Crippen LogP) is 4.44. The van der Waals surface area contributed by atoms with E-state index in [0.29, 0.717) is 17.1 Å². The number of halogens is 1. The Morgan fingerprint density at radius 1 is 1.03 bits per heavy atom. The summed E-state index contributed by atoms with van der Waals surface area (Å²) in [6.07, 6.45) is 5.05. The van der Waals surface area contributed by atoms with Crippen LogP contribution in [0.1, 0.15) is 27.0 Å². The van der Waals surface area contributed by atoms with Gasteiger partial charge in [-0.3, -0.25) is 9.59 Å². The lowest BCUT2D eigenvalue weighted by molar-refractivity contribution is -0.116. The molecule has 4 aromatic rings. The third kappa shape index (κ3) is 4.61. The number of benzene rings is 2. The lowest BCUT2D eigenvalue weighted by Gasteiger charge is -2.19. The van der Waals surface area contributed by atoms with Crippen LogP contribution in [0.4, 0.5) is 10.1 Å². The van der Waals surface area contributed by atoms with Crippen LogP contribution in [0, 0.1) is 26.6 Å². The van der Waals surface area contributed by atoms with Gasteiger partial charge in [-0.15, -0.1) is 0 Å². The molecule has 0 radical (unpaired) electrons. The van der Waals surface area contributed by atoms with Crippen LogP contribution in [0.15, 0.2) is 67.1 Å². The molecule has 0 bridgehead atoms. The summed E-state index contributed by atoms with van der Waals surface area (Å²) in [6, 6.07) is 13.5. The molecule has 1 N–H and O–H groups in total. The van der Waals surface area contributed by atoms with Crippen molar-refractivity contribution in [2.75, 3.05) is 18.9 Å². The Balaban J connectivity index is 1.59. The Morgan fingerprint density at radius 3 is 2.26 bits per heavy atom. The van der Waals surface area contributed by atoms with Gasteiger partial charge in [-0.1, -0.05) is 17.7 Å². The summed E-state index contributed by atoms with van der Waals surface area (Å²) in [6.45, 7) is 5.76. The molecule has 4 rings (SSSR count). The average molecular weight is 460 g/mol.